The van der Waals surface area contributed by atoms with Gasteiger partial charge in [-0.1, -0.05) is 32.0 Å². The first-order valence-electron chi connectivity index (χ1n) is 12.4. The summed E-state index contributed by atoms with van der Waals surface area (Å²) >= 11 is 0. The van der Waals surface area contributed by atoms with Crippen molar-refractivity contribution in [2.24, 2.45) is 5.92 Å². The molecule has 0 saturated carbocycles. The molecule has 0 unspecified atom stereocenters. The Labute approximate surface area is 211 Å². The van der Waals surface area contributed by atoms with Crippen LogP contribution in [0.15, 0.2) is 59.0 Å². The number of carbonyl (C=O) groups is 2. The standard InChI is InChI=1S/C29H33FN2O4/c1-18(2)15-27(33)32-14-13-20-7-10-23(16-25(20)28(32)21-5-8-22(30)9-6-21)35-17-24-11-12-26(36-24)29(34)31-19(3)4/h5-12,16,18-19,28H,13-15,17H2,1-4H3,(H,31,34)/t28-/m1/s1. The monoisotopic (exact) mass is 492 g/mol. The second-order valence-electron chi connectivity index (χ2n) is 9.93. The Morgan fingerprint density at radius 1 is 1.08 bits per heavy atom. The molecule has 6 nitrogen and oxygen atoms in total. The highest BCUT2D eigenvalue weighted by Gasteiger charge is 2.32. The topological polar surface area (TPSA) is 71.8 Å². The second kappa shape index (κ2) is 11.0. The highest BCUT2D eigenvalue weighted by atomic mass is 19.1. The van der Waals surface area contributed by atoms with Gasteiger partial charge in [-0.3, -0.25) is 9.59 Å². The Bertz CT molecular complexity index is 1220. The molecule has 1 aliphatic heterocycles. The summed E-state index contributed by atoms with van der Waals surface area (Å²) in [5.41, 5.74) is 2.97. The van der Waals surface area contributed by atoms with Gasteiger partial charge in [0.05, 0.1) is 6.04 Å². The van der Waals surface area contributed by atoms with Crippen LogP contribution >= 0.6 is 0 Å². The van der Waals surface area contributed by atoms with Gasteiger partial charge in [0, 0.05) is 19.0 Å². The molecule has 0 bridgehead atoms. The molecule has 0 radical (unpaired) electrons. The first-order chi connectivity index (χ1) is 17.2. The van der Waals surface area contributed by atoms with Crippen LogP contribution in [0.25, 0.3) is 0 Å². The lowest BCUT2D eigenvalue weighted by atomic mass is 9.87. The van der Waals surface area contributed by atoms with Gasteiger partial charge in [-0.2, -0.15) is 0 Å². The Balaban J connectivity index is 1.58. The lowest BCUT2D eigenvalue weighted by Gasteiger charge is -2.38. The minimum Gasteiger partial charge on any atom is -0.486 e. The molecule has 2 amide bonds. The van der Waals surface area contributed by atoms with Crippen molar-refractivity contribution < 1.29 is 23.1 Å². The van der Waals surface area contributed by atoms with Crippen molar-refractivity contribution in [2.75, 3.05) is 6.54 Å². The molecular weight excluding hydrogens is 459 g/mol. The smallest absolute Gasteiger partial charge is 0.287 e. The van der Waals surface area contributed by atoms with Gasteiger partial charge >= 0.3 is 0 Å². The average Bonchev–Trinajstić information content (AvgIpc) is 3.31. The zero-order chi connectivity index (χ0) is 25.8. The highest BCUT2D eigenvalue weighted by Crippen LogP contribution is 2.38. The maximum atomic E-state index is 13.7. The summed E-state index contributed by atoms with van der Waals surface area (Å²) in [7, 11) is 0. The fourth-order valence-corrected chi connectivity index (χ4v) is 4.49. The lowest BCUT2D eigenvalue weighted by molar-refractivity contribution is -0.134. The van der Waals surface area contributed by atoms with E-state index in [1.165, 1.54) is 12.1 Å². The van der Waals surface area contributed by atoms with Crippen LogP contribution < -0.4 is 10.1 Å². The van der Waals surface area contributed by atoms with Crippen LogP contribution in [0.3, 0.4) is 0 Å². The molecule has 1 atom stereocenters. The van der Waals surface area contributed by atoms with Gasteiger partial charge in [0.2, 0.25) is 5.91 Å². The quantitative estimate of drug-likeness (QED) is 0.441. The summed E-state index contributed by atoms with van der Waals surface area (Å²) < 4.78 is 25.3. The zero-order valence-electron chi connectivity index (χ0n) is 21.2. The van der Waals surface area contributed by atoms with E-state index in [0.29, 0.717) is 24.5 Å². The molecule has 36 heavy (non-hydrogen) atoms. The van der Waals surface area contributed by atoms with Gasteiger partial charge in [0.1, 0.15) is 23.9 Å². The van der Waals surface area contributed by atoms with Crippen molar-refractivity contribution in [3.8, 4) is 5.75 Å². The van der Waals surface area contributed by atoms with Crippen LogP contribution in [0, 0.1) is 11.7 Å². The number of rotatable bonds is 8. The van der Waals surface area contributed by atoms with E-state index in [1.54, 1.807) is 24.3 Å². The van der Waals surface area contributed by atoms with E-state index < -0.39 is 0 Å². The summed E-state index contributed by atoms with van der Waals surface area (Å²) in [6, 6.07) is 15.3. The van der Waals surface area contributed by atoms with Gasteiger partial charge in [-0.05, 0) is 79.3 Å². The normalized spacial score (nSPS) is 15.2. The molecule has 2 aromatic carbocycles. The Morgan fingerprint density at radius 3 is 2.53 bits per heavy atom. The number of nitrogens with zero attached hydrogens (tertiary/aromatic N) is 1. The summed E-state index contributed by atoms with van der Waals surface area (Å²) in [6.07, 6.45) is 1.19. The van der Waals surface area contributed by atoms with E-state index in [2.05, 4.69) is 5.32 Å². The number of fused-ring (bicyclic) bond motifs is 1. The van der Waals surface area contributed by atoms with Gasteiger partial charge in [0.15, 0.2) is 5.76 Å². The van der Waals surface area contributed by atoms with E-state index in [9.17, 15) is 14.0 Å². The molecular formula is C29H33FN2O4. The molecule has 1 aromatic heterocycles. The molecule has 190 valence electrons. The van der Waals surface area contributed by atoms with Crippen molar-refractivity contribution in [2.45, 2.75) is 59.2 Å². The molecule has 3 aromatic rings. The van der Waals surface area contributed by atoms with Gasteiger partial charge in [0.25, 0.3) is 5.91 Å². The average molecular weight is 493 g/mol. The predicted octanol–water partition coefficient (Wildman–Crippen LogP) is 5.66. The van der Waals surface area contributed by atoms with Gasteiger partial charge in [-0.25, -0.2) is 4.39 Å². The zero-order valence-corrected chi connectivity index (χ0v) is 21.2. The maximum absolute atomic E-state index is 13.7. The predicted molar refractivity (Wildman–Crippen MR) is 135 cm³/mol. The summed E-state index contributed by atoms with van der Waals surface area (Å²) in [4.78, 5) is 27.2. The molecule has 0 saturated heterocycles. The number of amides is 2. The second-order valence-corrected chi connectivity index (χ2v) is 9.93. The largest absolute Gasteiger partial charge is 0.486 e. The number of carbonyl (C=O) groups excluding carboxylic acids is 2. The number of nitrogens with one attached hydrogen (secondary N) is 1. The van der Waals surface area contributed by atoms with Gasteiger partial charge < -0.3 is 19.4 Å². The van der Waals surface area contributed by atoms with Gasteiger partial charge in [-0.15, -0.1) is 0 Å². The van der Waals surface area contributed by atoms with Crippen LogP contribution in [0.2, 0.25) is 0 Å². The van der Waals surface area contributed by atoms with Crippen LogP contribution in [0.4, 0.5) is 4.39 Å². The van der Waals surface area contributed by atoms with Crippen LogP contribution in [-0.4, -0.2) is 29.3 Å². The van der Waals surface area contributed by atoms with E-state index in [-0.39, 0.29) is 48.0 Å². The Hall–Kier alpha value is -3.61. The Kier molecular flexibility index (Phi) is 7.77. The summed E-state index contributed by atoms with van der Waals surface area (Å²) in [5.74, 6) is 1.14. The molecule has 0 aliphatic carbocycles. The number of halogens is 1. The lowest BCUT2D eigenvalue weighted by Crippen LogP contribution is -2.41. The van der Waals surface area contributed by atoms with E-state index in [0.717, 1.165) is 23.1 Å². The third-order valence-electron chi connectivity index (χ3n) is 6.12. The van der Waals surface area contributed by atoms with Crippen molar-refractivity contribution in [3.63, 3.8) is 0 Å². The minimum absolute atomic E-state index is 0.0128. The maximum Gasteiger partial charge on any atom is 0.287 e. The van der Waals surface area contributed by atoms with Crippen molar-refractivity contribution in [3.05, 3.63) is 88.6 Å². The molecule has 1 N–H and O–H groups in total. The number of hydrogen-bond acceptors (Lipinski definition) is 4. The number of hydrogen-bond donors (Lipinski definition) is 1. The van der Waals surface area contributed by atoms with Crippen LogP contribution in [0.1, 0.15) is 73.2 Å². The molecule has 0 spiro atoms. The molecule has 0 fully saturated rings. The van der Waals surface area contributed by atoms with E-state index >= 15 is 0 Å². The highest BCUT2D eigenvalue weighted by molar-refractivity contribution is 5.91. The van der Waals surface area contributed by atoms with Crippen molar-refractivity contribution >= 4 is 11.8 Å². The van der Waals surface area contributed by atoms with E-state index in [1.807, 2.05) is 50.8 Å². The fraction of sp³-hybridized carbons (Fsp3) is 0.379. The third kappa shape index (κ3) is 5.96. The summed E-state index contributed by atoms with van der Waals surface area (Å²) in [5, 5.41) is 2.80. The van der Waals surface area contributed by atoms with E-state index in [4.69, 9.17) is 9.15 Å². The third-order valence-corrected chi connectivity index (χ3v) is 6.12. The number of furan rings is 1. The first kappa shape index (κ1) is 25.5. The SMILES string of the molecule is CC(C)CC(=O)N1CCc2ccc(OCc3ccc(C(=O)NC(C)C)o3)cc2[C@H]1c1ccc(F)cc1. The fourth-order valence-electron chi connectivity index (χ4n) is 4.49. The summed E-state index contributed by atoms with van der Waals surface area (Å²) in [6.45, 7) is 8.59. The Morgan fingerprint density at radius 2 is 1.83 bits per heavy atom. The van der Waals surface area contributed by atoms with Crippen LogP contribution in [0.5, 0.6) is 5.75 Å². The van der Waals surface area contributed by atoms with Crippen molar-refractivity contribution in [1.29, 1.82) is 0 Å². The molecule has 1 aliphatic rings. The first-order valence-corrected chi connectivity index (χ1v) is 12.4. The van der Waals surface area contributed by atoms with Crippen LogP contribution in [-0.2, 0) is 17.8 Å². The molecule has 4 rings (SSSR count). The van der Waals surface area contributed by atoms with Crippen molar-refractivity contribution in [1.82, 2.24) is 10.2 Å². The molecule has 2 heterocycles. The minimum atomic E-state index is -0.320. The molecule has 7 heteroatoms. The number of ether oxygens (including phenoxy) is 1. The number of benzene rings is 2.